The third kappa shape index (κ3) is 2.29. The summed E-state index contributed by atoms with van der Waals surface area (Å²) in [5.74, 6) is -0.331. The first kappa shape index (κ1) is 11.7. The predicted octanol–water partition coefficient (Wildman–Crippen LogP) is 4.03. The summed E-state index contributed by atoms with van der Waals surface area (Å²) in [4.78, 5) is 11.5. The summed E-state index contributed by atoms with van der Waals surface area (Å²) in [6, 6.07) is 14.5. The molecule has 0 radical (unpaired) electrons. The average molecular weight is 250 g/mol. The van der Waals surface area contributed by atoms with Crippen molar-refractivity contribution in [2.24, 2.45) is 0 Å². The Kier molecular flexibility index (Phi) is 2.92. The molecule has 1 N–H and O–H groups in total. The number of aliphatic hydroxyl groups excluding tert-OH is 1. The summed E-state index contributed by atoms with van der Waals surface area (Å²) in [5.41, 5.74) is 2.20. The number of ketones is 1. The monoisotopic (exact) mass is 250 g/mol. The maximum Gasteiger partial charge on any atom is 0.197 e. The minimum Gasteiger partial charge on any atom is -0.504 e. The van der Waals surface area contributed by atoms with Crippen LogP contribution in [0.15, 0.2) is 60.4 Å². The van der Waals surface area contributed by atoms with Crippen molar-refractivity contribution in [1.82, 2.24) is 0 Å². The van der Waals surface area contributed by atoms with Crippen LogP contribution in [0.25, 0.3) is 16.3 Å². The Morgan fingerprint density at radius 1 is 0.895 bits per heavy atom. The molecule has 1 aliphatic carbocycles. The maximum absolute atomic E-state index is 11.5. The van der Waals surface area contributed by atoms with Gasteiger partial charge in [-0.05, 0) is 40.5 Å². The molecular formula is C17H14O2. The summed E-state index contributed by atoms with van der Waals surface area (Å²) in [6.45, 7) is 0. The lowest BCUT2D eigenvalue weighted by Crippen LogP contribution is -1.99. The van der Waals surface area contributed by atoms with Crippen molar-refractivity contribution < 1.29 is 9.90 Å². The van der Waals surface area contributed by atoms with Crippen LogP contribution < -0.4 is 0 Å². The zero-order valence-electron chi connectivity index (χ0n) is 10.5. The van der Waals surface area contributed by atoms with E-state index in [-0.39, 0.29) is 11.5 Å². The van der Waals surface area contributed by atoms with Crippen molar-refractivity contribution in [3.8, 4) is 0 Å². The minimum atomic E-state index is -0.188. The summed E-state index contributed by atoms with van der Waals surface area (Å²) < 4.78 is 0. The van der Waals surface area contributed by atoms with Crippen molar-refractivity contribution >= 4 is 22.1 Å². The lowest BCUT2D eigenvalue weighted by Gasteiger charge is -2.06. The molecule has 0 spiro atoms. The van der Waals surface area contributed by atoms with Crippen LogP contribution in [0.4, 0.5) is 0 Å². The van der Waals surface area contributed by atoms with E-state index in [1.165, 1.54) is 16.8 Å². The molecule has 0 saturated carbocycles. The maximum atomic E-state index is 11.5. The van der Waals surface area contributed by atoms with Crippen LogP contribution in [-0.4, -0.2) is 10.9 Å². The second-order valence-electron chi connectivity index (χ2n) is 4.73. The highest BCUT2D eigenvalue weighted by Crippen LogP contribution is 2.26. The number of carbonyl (C=O) groups is 1. The first-order chi connectivity index (χ1) is 9.24. The Hall–Kier alpha value is -2.35. The second kappa shape index (κ2) is 4.73. The molecule has 0 amide bonds. The normalized spacial score (nSPS) is 15.9. The third-order valence-electron chi connectivity index (χ3n) is 3.47. The number of allylic oxidation sites excluding steroid dienone is 4. The van der Waals surface area contributed by atoms with Gasteiger partial charge >= 0.3 is 0 Å². The smallest absolute Gasteiger partial charge is 0.197 e. The van der Waals surface area contributed by atoms with Gasteiger partial charge in [0, 0.05) is 6.42 Å². The molecule has 2 heteroatoms. The van der Waals surface area contributed by atoms with E-state index < -0.39 is 0 Å². The lowest BCUT2D eigenvalue weighted by atomic mass is 9.98. The molecule has 0 fully saturated rings. The van der Waals surface area contributed by atoms with Gasteiger partial charge in [-0.1, -0.05) is 42.5 Å². The highest BCUT2D eigenvalue weighted by Gasteiger charge is 2.13. The summed E-state index contributed by atoms with van der Waals surface area (Å²) >= 11 is 0. The second-order valence-corrected chi connectivity index (χ2v) is 4.73. The standard InChI is InChI=1S/C17H14O2/c18-16-9-7-13(8-10-17(16)19)15-6-5-12-3-1-2-4-14(12)11-15/h1-7,9,11,18H,8,10H2. The Morgan fingerprint density at radius 3 is 2.53 bits per heavy atom. The zero-order chi connectivity index (χ0) is 13.2. The largest absolute Gasteiger partial charge is 0.504 e. The van der Waals surface area contributed by atoms with Crippen LogP contribution in [-0.2, 0) is 4.79 Å². The van der Waals surface area contributed by atoms with Crippen LogP contribution in [0, 0.1) is 0 Å². The van der Waals surface area contributed by atoms with Gasteiger partial charge in [0.05, 0.1) is 0 Å². The fourth-order valence-electron chi connectivity index (χ4n) is 2.36. The van der Waals surface area contributed by atoms with Crippen molar-refractivity contribution in [3.63, 3.8) is 0 Å². The Balaban J connectivity index is 2.03. The van der Waals surface area contributed by atoms with E-state index in [1.54, 1.807) is 0 Å². The third-order valence-corrected chi connectivity index (χ3v) is 3.47. The highest BCUT2D eigenvalue weighted by molar-refractivity contribution is 5.96. The average Bonchev–Trinajstić information content (AvgIpc) is 2.61. The fraction of sp³-hybridized carbons (Fsp3) is 0.118. The molecule has 0 heterocycles. The Bertz CT molecular complexity index is 708. The molecule has 0 aromatic heterocycles. The number of fused-ring (bicyclic) bond motifs is 1. The number of aliphatic hydroxyl groups is 1. The highest BCUT2D eigenvalue weighted by atomic mass is 16.3. The number of Topliss-reactive ketones (excluding diaryl/α,β-unsaturated/α-hetero) is 1. The van der Waals surface area contributed by atoms with E-state index in [4.69, 9.17) is 0 Å². The van der Waals surface area contributed by atoms with Crippen molar-refractivity contribution in [2.45, 2.75) is 12.8 Å². The van der Waals surface area contributed by atoms with Crippen molar-refractivity contribution in [2.75, 3.05) is 0 Å². The van der Waals surface area contributed by atoms with Gasteiger partial charge in [0.1, 0.15) is 0 Å². The van der Waals surface area contributed by atoms with Gasteiger partial charge in [-0.15, -0.1) is 0 Å². The SMILES string of the molecule is O=C1CCC(c2ccc3ccccc3c2)=CC=C1O. The van der Waals surface area contributed by atoms with Gasteiger partial charge in [-0.2, -0.15) is 0 Å². The Morgan fingerprint density at radius 2 is 1.68 bits per heavy atom. The first-order valence-electron chi connectivity index (χ1n) is 6.36. The van der Waals surface area contributed by atoms with E-state index >= 15 is 0 Å². The molecule has 94 valence electrons. The number of hydrogen-bond acceptors (Lipinski definition) is 2. The molecule has 0 saturated heterocycles. The molecule has 0 bridgehead atoms. The predicted molar refractivity (Wildman–Crippen MR) is 76.9 cm³/mol. The van der Waals surface area contributed by atoms with Crippen molar-refractivity contribution in [1.29, 1.82) is 0 Å². The van der Waals surface area contributed by atoms with Gasteiger partial charge in [0.2, 0.25) is 0 Å². The summed E-state index contributed by atoms with van der Waals surface area (Å²) in [5, 5.41) is 11.8. The first-order valence-corrected chi connectivity index (χ1v) is 6.36. The van der Waals surface area contributed by atoms with Gasteiger partial charge in [-0.3, -0.25) is 4.79 Å². The topological polar surface area (TPSA) is 37.3 Å². The number of benzene rings is 2. The van der Waals surface area contributed by atoms with Gasteiger partial charge in [-0.25, -0.2) is 0 Å². The zero-order valence-corrected chi connectivity index (χ0v) is 10.5. The van der Waals surface area contributed by atoms with Crippen LogP contribution in [0.1, 0.15) is 18.4 Å². The van der Waals surface area contributed by atoms with Crippen molar-refractivity contribution in [3.05, 3.63) is 65.9 Å². The summed E-state index contributed by atoms with van der Waals surface area (Å²) in [7, 11) is 0. The molecule has 2 aromatic carbocycles. The van der Waals surface area contributed by atoms with Crippen LogP contribution in [0.3, 0.4) is 0 Å². The van der Waals surface area contributed by atoms with Gasteiger partial charge in [0.15, 0.2) is 11.5 Å². The molecule has 0 unspecified atom stereocenters. The number of carbonyl (C=O) groups excluding carboxylic acids is 1. The lowest BCUT2D eigenvalue weighted by molar-refractivity contribution is -0.117. The summed E-state index contributed by atoms with van der Waals surface area (Å²) in [6.07, 6.45) is 4.36. The molecule has 19 heavy (non-hydrogen) atoms. The minimum absolute atomic E-state index is 0.143. The Labute approximate surface area is 111 Å². The number of rotatable bonds is 1. The molecule has 1 aliphatic rings. The molecule has 3 rings (SSSR count). The quantitative estimate of drug-likeness (QED) is 0.829. The van der Waals surface area contributed by atoms with Crippen LogP contribution in [0.2, 0.25) is 0 Å². The van der Waals surface area contributed by atoms with E-state index in [1.807, 2.05) is 18.2 Å². The van der Waals surface area contributed by atoms with Crippen LogP contribution in [0.5, 0.6) is 0 Å². The molecule has 2 nitrogen and oxygen atoms in total. The van der Waals surface area contributed by atoms with E-state index in [0.717, 1.165) is 11.1 Å². The van der Waals surface area contributed by atoms with E-state index in [2.05, 4.69) is 30.3 Å². The number of hydrogen-bond donors (Lipinski definition) is 1. The molecule has 0 atom stereocenters. The van der Waals surface area contributed by atoms with E-state index in [0.29, 0.717) is 12.8 Å². The molecule has 0 aliphatic heterocycles. The fourth-order valence-corrected chi connectivity index (χ4v) is 2.36. The van der Waals surface area contributed by atoms with Gasteiger partial charge in [0.25, 0.3) is 0 Å². The molecule has 2 aromatic rings. The van der Waals surface area contributed by atoms with Gasteiger partial charge < -0.3 is 5.11 Å². The molecular weight excluding hydrogens is 236 g/mol. The van der Waals surface area contributed by atoms with Crippen LogP contribution >= 0.6 is 0 Å². The van der Waals surface area contributed by atoms with E-state index in [9.17, 15) is 9.90 Å².